The summed E-state index contributed by atoms with van der Waals surface area (Å²) in [6.45, 7) is 2.25. The summed E-state index contributed by atoms with van der Waals surface area (Å²) in [5, 5.41) is 11.7. The zero-order chi connectivity index (χ0) is 13.8. The molecule has 1 aromatic rings. The summed E-state index contributed by atoms with van der Waals surface area (Å²) < 4.78 is 0. The molecule has 0 radical (unpaired) electrons. The Morgan fingerprint density at radius 1 is 1.32 bits per heavy atom. The standard InChI is InChI=1S/C16H22Cl2O/c1-2-11-4-3-5-13(8-11)16(19)9-12-6-7-14(17)10-15(12)18/h6-7,10-11,13,16,19H,2-5,8-9H2,1H3. The van der Waals surface area contributed by atoms with Crippen molar-refractivity contribution in [2.45, 2.75) is 51.6 Å². The minimum atomic E-state index is -0.284. The molecule has 1 fully saturated rings. The largest absolute Gasteiger partial charge is 0.392 e. The molecule has 1 saturated carbocycles. The quantitative estimate of drug-likeness (QED) is 0.819. The predicted octanol–water partition coefficient (Wildman–Crippen LogP) is 5.11. The number of aliphatic hydroxyl groups excluding tert-OH is 1. The first-order valence-corrected chi connectivity index (χ1v) is 7.97. The van der Waals surface area contributed by atoms with Crippen molar-refractivity contribution in [1.29, 1.82) is 0 Å². The van der Waals surface area contributed by atoms with Crippen molar-refractivity contribution in [3.05, 3.63) is 33.8 Å². The van der Waals surface area contributed by atoms with Gasteiger partial charge in [0, 0.05) is 16.5 Å². The number of halogens is 2. The summed E-state index contributed by atoms with van der Waals surface area (Å²) in [4.78, 5) is 0. The molecule has 0 heterocycles. The monoisotopic (exact) mass is 300 g/mol. The van der Waals surface area contributed by atoms with Gasteiger partial charge in [-0.3, -0.25) is 0 Å². The van der Waals surface area contributed by atoms with Crippen LogP contribution in [0.1, 0.15) is 44.6 Å². The van der Waals surface area contributed by atoms with Gasteiger partial charge < -0.3 is 5.11 Å². The van der Waals surface area contributed by atoms with Gasteiger partial charge in [0.25, 0.3) is 0 Å². The third kappa shape index (κ3) is 4.11. The third-order valence-electron chi connectivity index (χ3n) is 4.39. The minimum Gasteiger partial charge on any atom is -0.392 e. The highest BCUT2D eigenvalue weighted by molar-refractivity contribution is 6.35. The zero-order valence-electron chi connectivity index (χ0n) is 11.4. The first-order chi connectivity index (χ1) is 9.10. The van der Waals surface area contributed by atoms with E-state index in [0.29, 0.717) is 22.4 Å². The summed E-state index contributed by atoms with van der Waals surface area (Å²) in [5.74, 6) is 1.21. The van der Waals surface area contributed by atoms with Crippen LogP contribution in [0.2, 0.25) is 10.0 Å². The second-order valence-electron chi connectivity index (χ2n) is 5.71. The molecule has 1 aromatic carbocycles. The Morgan fingerprint density at radius 2 is 2.11 bits per heavy atom. The second-order valence-corrected chi connectivity index (χ2v) is 6.55. The van der Waals surface area contributed by atoms with Crippen LogP contribution in [0.15, 0.2) is 18.2 Å². The van der Waals surface area contributed by atoms with Crippen molar-refractivity contribution in [2.75, 3.05) is 0 Å². The van der Waals surface area contributed by atoms with Crippen molar-refractivity contribution in [3.63, 3.8) is 0 Å². The third-order valence-corrected chi connectivity index (χ3v) is 4.98. The highest BCUT2D eigenvalue weighted by atomic mass is 35.5. The molecular formula is C16H22Cl2O. The Hall–Kier alpha value is -0.240. The van der Waals surface area contributed by atoms with Crippen LogP contribution in [-0.4, -0.2) is 11.2 Å². The van der Waals surface area contributed by atoms with Gasteiger partial charge >= 0.3 is 0 Å². The molecule has 3 unspecified atom stereocenters. The lowest BCUT2D eigenvalue weighted by molar-refractivity contribution is 0.0685. The number of rotatable bonds is 4. The summed E-state index contributed by atoms with van der Waals surface area (Å²) in [6, 6.07) is 5.51. The second kappa shape index (κ2) is 6.97. The molecule has 0 saturated heterocycles. The highest BCUT2D eigenvalue weighted by Crippen LogP contribution is 2.34. The van der Waals surface area contributed by atoms with Gasteiger partial charge in [-0.1, -0.05) is 55.5 Å². The van der Waals surface area contributed by atoms with Crippen molar-refractivity contribution < 1.29 is 5.11 Å². The first kappa shape index (κ1) is 15.2. The molecule has 0 bridgehead atoms. The molecular weight excluding hydrogens is 279 g/mol. The van der Waals surface area contributed by atoms with Gasteiger partial charge in [-0.05, 0) is 42.4 Å². The highest BCUT2D eigenvalue weighted by Gasteiger charge is 2.26. The summed E-state index contributed by atoms with van der Waals surface area (Å²) >= 11 is 12.1. The molecule has 1 N–H and O–H groups in total. The summed E-state index contributed by atoms with van der Waals surface area (Å²) in [7, 11) is 0. The van der Waals surface area contributed by atoms with Gasteiger partial charge in [0.1, 0.15) is 0 Å². The SMILES string of the molecule is CCC1CCCC(C(O)Cc2ccc(Cl)cc2Cl)C1. The molecule has 106 valence electrons. The number of aliphatic hydroxyl groups is 1. The van der Waals surface area contributed by atoms with Crippen molar-refractivity contribution >= 4 is 23.2 Å². The Bertz CT molecular complexity index is 419. The Labute approximate surface area is 125 Å². The lowest BCUT2D eigenvalue weighted by Gasteiger charge is -2.32. The Morgan fingerprint density at radius 3 is 2.79 bits per heavy atom. The molecule has 0 spiro atoms. The lowest BCUT2D eigenvalue weighted by Crippen LogP contribution is -2.28. The van der Waals surface area contributed by atoms with Gasteiger partial charge in [-0.25, -0.2) is 0 Å². The fourth-order valence-electron chi connectivity index (χ4n) is 3.13. The molecule has 0 amide bonds. The van der Waals surface area contributed by atoms with Gasteiger partial charge in [0.2, 0.25) is 0 Å². The van der Waals surface area contributed by atoms with Gasteiger partial charge in [-0.15, -0.1) is 0 Å². The van der Waals surface area contributed by atoms with Crippen LogP contribution in [0.5, 0.6) is 0 Å². The van der Waals surface area contributed by atoms with E-state index in [0.717, 1.165) is 24.3 Å². The van der Waals surface area contributed by atoms with E-state index in [1.807, 2.05) is 12.1 Å². The van der Waals surface area contributed by atoms with E-state index in [2.05, 4.69) is 6.92 Å². The van der Waals surface area contributed by atoms with Crippen LogP contribution in [0.4, 0.5) is 0 Å². The molecule has 0 aliphatic heterocycles. The van der Waals surface area contributed by atoms with E-state index in [1.165, 1.54) is 19.3 Å². The topological polar surface area (TPSA) is 20.2 Å². The maximum absolute atomic E-state index is 10.4. The van der Waals surface area contributed by atoms with Crippen LogP contribution in [0.25, 0.3) is 0 Å². The van der Waals surface area contributed by atoms with Crippen LogP contribution < -0.4 is 0 Å². The maximum atomic E-state index is 10.4. The molecule has 2 rings (SSSR count). The summed E-state index contributed by atoms with van der Waals surface area (Å²) in [5.41, 5.74) is 0.997. The van der Waals surface area contributed by atoms with E-state index in [1.54, 1.807) is 6.07 Å². The number of benzene rings is 1. The number of hydrogen-bond acceptors (Lipinski definition) is 1. The lowest BCUT2D eigenvalue weighted by atomic mass is 9.76. The minimum absolute atomic E-state index is 0.284. The molecule has 1 aliphatic rings. The average Bonchev–Trinajstić information content (AvgIpc) is 2.42. The molecule has 1 nitrogen and oxygen atoms in total. The number of hydrogen-bond donors (Lipinski definition) is 1. The van der Waals surface area contributed by atoms with E-state index in [-0.39, 0.29) is 6.10 Å². The molecule has 19 heavy (non-hydrogen) atoms. The Kier molecular flexibility index (Phi) is 5.56. The molecule has 0 aromatic heterocycles. The van der Waals surface area contributed by atoms with Gasteiger partial charge in [-0.2, -0.15) is 0 Å². The van der Waals surface area contributed by atoms with Crippen LogP contribution >= 0.6 is 23.2 Å². The van der Waals surface area contributed by atoms with Crippen molar-refractivity contribution in [3.8, 4) is 0 Å². The van der Waals surface area contributed by atoms with Crippen molar-refractivity contribution in [2.24, 2.45) is 11.8 Å². The average molecular weight is 301 g/mol. The normalized spacial score (nSPS) is 25.3. The zero-order valence-corrected chi connectivity index (χ0v) is 12.9. The van der Waals surface area contributed by atoms with Gasteiger partial charge in [0.05, 0.1) is 6.10 Å². The van der Waals surface area contributed by atoms with Crippen LogP contribution in [0, 0.1) is 11.8 Å². The molecule has 3 heteroatoms. The fourth-order valence-corrected chi connectivity index (χ4v) is 3.62. The maximum Gasteiger partial charge on any atom is 0.0609 e. The van der Waals surface area contributed by atoms with Crippen LogP contribution in [0.3, 0.4) is 0 Å². The summed E-state index contributed by atoms with van der Waals surface area (Å²) in [6.07, 6.45) is 6.44. The Balaban J connectivity index is 1.98. The predicted molar refractivity (Wildman–Crippen MR) is 81.9 cm³/mol. The molecule has 3 atom stereocenters. The fraction of sp³-hybridized carbons (Fsp3) is 0.625. The first-order valence-electron chi connectivity index (χ1n) is 7.22. The van der Waals surface area contributed by atoms with Crippen molar-refractivity contribution in [1.82, 2.24) is 0 Å². The van der Waals surface area contributed by atoms with E-state index in [9.17, 15) is 5.11 Å². The molecule has 1 aliphatic carbocycles. The van der Waals surface area contributed by atoms with Crippen LogP contribution in [-0.2, 0) is 6.42 Å². The van der Waals surface area contributed by atoms with E-state index >= 15 is 0 Å². The van der Waals surface area contributed by atoms with Gasteiger partial charge in [0.15, 0.2) is 0 Å². The van der Waals surface area contributed by atoms with E-state index in [4.69, 9.17) is 23.2 Å². The van der Waals surface area contributed by atoms with E-state index < -0.39 is 0 Å². The smallest absolute Gasteiger partial charge is 0.0609 e.